The fraction of sp³-hybridized carbons (Fsp3) is 0.0909. The third-order valence-corrected chi connectivity index (χ3v) is 4.39. The monoisotopic (exact) mass is 344 g/mol. The number of rotatable bonds is 4. The fourth-order valence-corrected chi connectivity index (χ4v) is 2.86. The van der Waals surface area contributed by atoms with Gasteiger partial charge in [-0.15, -0.1) is 0 Å². The van der Waals surface area contributed by atoms with Crippen LogP contribution in [0.3, 0.4) is 0 Å². The van der Waals surface area contributed by atoms with Crippen LogP contribution in [0.2, 0.25) is 0 Å². The van der Waals surface area contributed by atoms with Gasteiger partial charge in [0.15, 0.2) is 0 Å². The highest BCUT2D eigenvalue weighted by Gasteiger charge is 2.17. The first-order valence-corrected chi connectivity index (χ1v) is 8.34. The lowest BCUT2D eigenvalue weighted by molar-refractivity contribution is 0.102. The first-order valence-electron chi connectivity index (χ1n) is 8.34. The summed E-state index contributed by atoms with van der Waals surface area (Å²) in [4.78, 5) is 25.8. The highest BCUT2D eigenvalue weighted by molar-refractivity contribution is 6.05. The average Bonchev–Trinajstić information content (AvgIpc) is 2.66. The number of aryl methyl sites for hydroxylation is 1. The van der Waals surface area contributed by atoms with E-state index >= 15 is 0 Å². The summed E-state index contributed by atoms with van der Waals surface area (Å²) in [6, 6.07) is 18.3. The first-order chi connectivity index (χ1) is 12.5. The predicted molar refractivity (Wildman–Crippen MR) is 106 cm³/mol. The molecular formula is C22H20N2O2. The third kappa shape index (κ3) is 3.22. The summed E-state index contributed by atoms with van der Waals surface area (Å²) >= 11 is 0. The van der Waals surface area contributed by atoms with Crippen molar-refractivity contribution in [2.75, 3.05) is 5.32 Å². The van der Waals surface area contributed by atoms with Crippen LogP contribution in [0.5, 0.6) is 0 Å². The van der Waals surface area contributed by atoms with E-state index in [1.807, 2.05) is 62.4 Å². The molecule has 4 heteroatoms. The van der Waals surface area contributed by atoms with Gasteiger partial charge >= 0.3 is 0 Å². The Morgan fingerprint density at radius 2 is 1.69 bits per heavy atom. The van der Waals surface area contributed by atoms with E-state index < -0.39 is 5.91 Å². The van der Waals surface area contributed by atoms with Gasteiger partial charge in [0.05, 0.1) is 0 Å². The molecule has 0 atom stereocenters. The van der Waals surface area contributed by atoms with Gasteiger partial charge in [-0.25, -0.2) is 0 Å². The van der Waals surface area contributed by atoms with Crippen LogP contribution < -0.4 is 10.9 Å². The molecule has 0 spiro atoms. The lowest BCUT2D eigenvalue weighted by atomic mass is 10.1. The molecule has 1 aromatic heterocycles. The van der Waals surface area contributed by atoms with E-state index in [2.05, 4.69) is 11.9 Å². The molecule has 0 bridgehead atoms. The molecule has 0 radical (unpaired) electrons. The van der Waals surface area contributed by atoms with Crippen LogP contribution in [0.15, 0.2) is 72.0 Å². The van der Waals surface area contributed by atoms with Gasteiger partial charge in [-0.05, 0) is 49.2 Å². The van der Waals surface area contributed by atoms with Crippen molar-refractivity contribution in [3.05, 3.63) is 100.0 Å². The van der Waals surface area contributed by atoms with Crippen molar-refractivity contribution in [1.29, 1.82) is 0 Å². The smallest absolute Gasteiger partial charge is 0.268 e. The minimum absolute atomic E-state index is 0.107. The number of carbonyl (C=O) groups is 1. The maximum Gasteiger partial charge on any atom is 0.268 e. The number of anilines is 1. The van der Waals surface area contributed by atoms with Crippen molar-refractivity contribution in [2.45, 2.75) is 13.8 Å². The molecular weight excluding hydrogens is 324 g/mol. The van der Waals surface area contributed by atoms with Gasteiger partial charge in [0.2, 0.25) is 0 Å². The minimum atomic E-state index is -0.433. The van der Waals surface area contributed by atoms with Crippen LogP contribution in [0.25, 0.3) is 11.8 Å². The Kier molecular flexibility index (Phi) is 4.85. The standard InChI is InChI=1S/C22H20N2O2/c1-4-17-10-8-9-13-20(17)23-21(25)19-14-15(2)16(3)24(22(19)26)18-11-6-5-7-12-18/h4-14H,1H2,2-3H3,(H,23,25). The zero-order valence-corrected chi connectivity index (χ0v) is 14.8. The summed E-state index contributed by atoms with van der Waals surface area (Å²) in [7, 11) is 0. The number of benzene rings is 2. The summed E-state index contributed by atoms with van der Waals surface area (Å²) in [5.74, 6) is -0.433. The lowest BCUT2D eigenvalue weighted by Gasteiger charge is -2.15. The van der Waals surface area contributed by atoms with Gasteiger partial charge < -0.3 is 5.32 Å². The minimum Gasteiger partial charge on any atom is -0.321 e. The highest BCUT2D eigenvalue weighted by Crippen LogP contribution is 2.18. The predicted octanol–water partition coefficient (Wildman–Crippen LogP) is 4.35. The number of hydrogen-bond donors (Lipinski definition) is 1. The molecule has 0 aliphatic heterocycles. The van der Waals surface area contributed by atoms with E-state index in [0.717, 1.165) is 22.5 Å². The quantitative estimate of drug-likeness (QED) is 0.765. The van der Waals surface area contributed by atoms with Crippen molar-refractivity contribution in [3.63, 3.8) is 0 Å². The number of amides is 1. The van der Waals surface area contributed by atoms with Gasteiger partial charge in [-0.3, -0.25) is 14.2 Å². The number of pyridine rings is 1. The Hall–Kier alpha value is -3.40. The molecule has 0 aliphatic rings. The van der Waals surface area contributed by atoms with Gasteiger partial charge in [-0.1, -0.05) is 49.1 Å². The number of nitrogens with zero attached hydrogens (tertiary/aromatic N) is 1. The molecule has 0 saturated carbocycles. The Bertz CT molecular complexity index is 1030. The summed E-state index contributed by atoms with van der Waals surface area (Å²) in [6.07, 6.45) is 1.66. The van der Waals surface area contributed by atoms with Crippen LogP contribution in [-0.2, 0) is 0 Å². The second kappa shape index (κ2) is 7.23. The van der Waals surface area contributed by atoms with Crippen LogP contribution in [0, 0.1) is 13.8 Å². The van der Waals surface area contributed by atoms with Gasteiger partial charge in [-0.2, -0.15) is 0 Å². The molecule has 1 N–H and O–H groups in total. The Morgan fingerprint density at radius 1 is 1.04 bits per heavy atom. The molecule has 2 aromatic carbocycles. The lowest BCUT2D eigenvalue weighted by Crippen LogP contribution is -2.30. The average molecular weight is 344 g/mol. The Morgan fingerprint density at radius 3 is 2.38 bits per heavy atom. The molecule has 0 unspecified atom stereocenters. The zero-order valence-electron chi connectivity index (χ0n) is 14.8. The van der Waals surface area contributed by atoms with Crippen molar-refractivity contribution in [2.24, 2.45) is 0 Å². The summed E-state index contributed by atoms with van der Waals surface area (Å²) in [5, 5.41) is 2.82. The van der Waals surface area contributed by atoms with Gasteiger partial charge in [0, 0.05) is 17.1 Å². The fourth-order valence-electron chi connectivity index (χ4n) is 2.86. The molecule has 0 saturated heterocycles. The van der Waals surface area contributed by atoms with Gasteiger partial charge in [0.1, 0.15) is 5.56 Å². The van der Waals surface area contributed by atoms with Crippen molar-refractivity contribution >= 4 is 17.7 Å². The van der Waals surface area contributed by atoms with E-state index in [-0.39, 0.29) is 11.1 Å². The molecule has 3 aromatic rings. The van der Waals surface area contributed by atoms with E-state index in [1.165, 1.54) is 0 Å². The highest BCUT2D eigenvalue weighted by atomic mass is 16.2. The largest absolute Gasteiger partial charge is 0.321 e. The Labute approximate surface area is 152 Å². The first kappa shape index (κ1) is 17.4. The maximum absolute atomic E-state index is 13.0. The molecule has 130 valence electrons. The number of carbonyl (C=O) groups excluding carboxylic acids is 1. The maximum atomic E-state index is 13.0. The van der Waals surface area contributed by atoms with Gasteiger partial charge in [0.25, 0.3) is 11.5 Å². The SMILES string of the molecule is C=Cc1ccccc1NC(=O)c1cc(C)c(C)n(-c2ccccc2)c1=O. The van der Waals surface area contributed by atoms with E-state index in [0.29, 0.717) is 5.69 Å². The number of para-hydroxylation sites is 2. The van der Waals surface area contributed by atoms with Crippen molar-refractivity contribution in [1.82, 2.24) is 4.57 Å². The Balaban J connectivity index is 2.09. The summed E-state index contributed by atoms with van der Waals surface area (Å²) < 4.78 is 1.57. The summed E-state index contributed by atoms with van der Waals surface area (Å²) in [6.45, 7) is 7.52. The van der Waals surface area contributed by atoms with E-state index in [9.17, 15) is 9.59 Å². The molecule has 26 heavy (non-hydrogen) atoms. The molecule has 1 heterocycles. The summed E-state index contributed by atoms with van der Waals surface area (Å²) in [5.41, 5.74) is 3.60. The zero-order chi connectivity index (χ0) is 18.7. The topological polar surface area (TPSA) is 51.1 Å². The number of nitrogens with one attached hydrogen (secondary N) is 1. The molecule has 1 amide bonds. The number of hydrogen-bond acceptors (Lipinski definition) is 2. The second-order valence-corrected chi connectivity index (χ2v) is 6.05. The molecule has 4 nitrogen and oxygen atoms in total. The normalized spacial score (nSPS) is 10.4. The third-order valence-electron chi connectivity index (χ3n) is 4.39. The van der Waals surface area contributed by atoms with E-state index in [1.54, 1.807) is 22.8 Å². The molecule has 3 rings (SSSR count). The van der Waals surface area contributed by atoms with E-state index in [4.69, 9.17) is 0 Å². The number of aromatic nitrogens is 1. The molecule has 0 aliphatic carbocycles. The van der Waals surface area contributed by atoms with Crippen molar-refractivity contribution < 1.29 is 4.79 Å². The van der Waals surface area contributed by atoms with Crippen LogP contribution in [-0.4, -0.2) is 10.5 Å². The van der Waals surface area contributed by atoms with Crippen LogP contribution in [0.1, 0.15) is 27.2 Å². The van der Waals surface area contributed by atoms with Crippen LogP contribution in [0.4, 0.5) is 5.69 Å². The molecule has 0 fully saturated rings. The van der Waals surface area contributed by atoms with Crippen LogP contribution >= 0.6 is 0 Å². The second-order valence-electron chi connectivity index (χ2n) is 6.05. The van der Waals surface area contributed by atoms with Crippen molar-refractivity contribution in [3.8, 4) is 5.69 Å².